The highest BCUT2D eigenvalue weighted by Gasteiger charge is 2.22. The van der Waals surface area contributed by atoms with Crippen molar-refractivity contribution >= 4 is 29.7 Å². The zero-order valence-electron chi connectivity index (χ0n) is 21.2. The largest absolute Gasteiger partial charge is 0.355 e. The molecule has 3 nitrogen and oxygen atoms in total. The fraction of sp³-hybridized carbons (Fsp3) is 0.188. The number of fused-ring (bicyclic) bond motifs is 9. The number of aliphatic imine (C=N–C) groups is 2. The van der Waals surface area contributed by atoms with Crippen LogP contribution in [0.5, 0.6) is 0 Å². The van der Waals surface area contributed by atoms with Gasteiger partial charge in [-0.1, -0.05) is 30.3 Å². The highest BCUT2D eigenvalue weighted by molar-refractivity contribution is 6.23. The Balaban J connectivity index is 1.72. The number of hydrogen-bond donors (Lipinski definition) is 1. The second-order valence-electron chi connectivity index (χ2n) is 9.84. The van der Waals surface area contributed by atoms with E-state index >= 15 is 0 Å². The Morgan fingerprint density at radius 3 is 1.69 bits per heavy atom. The molecule has 8 bridgehead atoms. The van der Waals surface area contributed by atoms with E-state index in [9.17, 15) is 0 Å². The van der Waals surface area contributed by atoms with Crippen LogP contribution >= 0.6 is 0 Å². The summed E-state index contributed by atoms with van der Waals surface area (Å²) in [7, 11) is 0. The van der Waals surface area contributed by atoms with Gasteiger partial charge in [-0.15, -0.1) is 0 Å². The zero-order valence-corrected chi connectivity index (χ0v) is 21.2. The van der Waals surface area contributed by atoms with Crippen molar-refractivity contribution in [2.45, 2.75) is 41.5 Å². The highest BCUT2D eigenvalue weighted by atomic mass is 14.8. The third-order valence-electron chi connectivity index (χ3n) is 7.90. The Bertz CT molecular complexity index is 1720. The number of allylic oxidation sites excluding steroid dienone is 5. The zero-order chi connectivity index (χ0) is 24.4. The van der Waals surface area contributed by atoms with Crippen molar-refractivity contribution in [3.63, 3.8) is 0 Å². The van der Waals surface area contributed by atoms with E-state index in [2.05, 4.69) is 107 Å². The summed E-state index contributed by atoms with van der Waals surface area (Å²) in [5, 5.41) is 2.25. The van der Waals surface area contributed by atoms with Crippen molar-refractivity contribution in [2.75, 3.05) is 0 Å². The topological polar surface area (TPSA) is 40.5 Å². The van der Waals surface area contributed by atoms with Gasteiger partial charge in [0, 0.05) is 10.7 Å². The van der Waals surface area contributed by atoms with E-state index in [4.69, 9.17) is 9.98 Å². The van der Waals surface area contributed by atoms with Gasteiger partial charge < -0.3 is 4.98 Å². The Kier molecular flexibility index (Phi) is 4.79. The van der Waals surface area contributed by atoms with E-state index in [-0.39, 0.29) is 0 Å². The van der Waals surface area contributed by atoms with Gasteiger partial charge in [0.05, 0.1) is 22.8 Å². The number of aromatic amines is 1. The molecule has 1 N–H and O–H groups in total. The molecule has 0 amide bonds. The van der Waals surface area contributed by atoms with E-state index in [1.165, 1.54) is 55.7 Å². The fourth-order valence-electron chi connectivity index (χ4n) is 5.13. The van der Waals surface area contributed by atoms with E-state index in [0.717, 1.165) is 33.5 Å². The summed E-state index contributed by atoms with van der Waals surface area (Å²) in [4.78, 5) is 13.8. The predicted molar refractivity (Wildman–Crippen MR) is 148 cm³/mol. The molecule has 1 aromatic rings. The molecule has 0 atom stereocenters. The van der Waals surface area contributed by atoms with Crippen LogP contribution in [0, 0.1) is 13.8 Å². The van der Waals surface area contributed by atoms with E-state index < -0.39 is 0 Å². The molecule has 5 aliphatic rings. The molecular weight excluding hydrogens is 426 g/mol. The van der Waals surface area contributed by atoms with Crippen LogP contribution in [-0.2, 0) is 0 Å². The second kappa shape index (κ2) is 7.78. The lowest BCUT2D eigenvalue weighted by Gasteiger charge is -2.00. The summed E-state index contributed by atoms with van der Waals surface area (Å²) in [5.74, 6) is 0. The molecule has 3 heteroatoms. The van der Waals surface area contributed by atoms with Crippen molar-refractivity contribution < 1.29 is 0 Å². The SMILES string of the molecule is CC1=C(C)C2=NC1=Cc1cc(c3cccccc1-3)C=c1[nH]c(c(C)c1C)=CC1=NC(=C2)C(C)=C1C. The van der Waals surface area contributed by atoms with Crippen LogP contribution in [0.15, 0.2) is 86.1 Å². The number of aromatic nitrogens is 1. The average molecular weight is 456 g/mol. The molecule has 0 aromatic carbocycles. The summed E-state index contributed by atoms with van der Waals surface area (Å²) in [6, 6.07) is 13.0. The quantitative estimate of drug-likeness (QED) is 0.421. The first-order chi connectivity index (χ1) is 16.8. The predicted octanol–water partition coefficient (Wildman–Crippen LogP) is 6.17. The van der Waals surface area contributed by atoms with Gasteiger partial charge >= 0.3 is 0 Å². The Morgan fingerprint density at radius 1 is 0.543 bits per heavy atom. The maximum Gasteiger partial charge on any atom is 0.0691 e. The molecule has 3 aliphatic heterocycles. The minimum atomic E-state index is 0.994. The number of rotatable bonds is 0. The lowest BCUT2D eigenvalue weighted by atomic mass is 10.0. The lowest BCUT2D eigenvalue weighted by Crippen LogP contribution is -2.13. The number of nitrogens with one attached hydrogen (secondary N) is 1. The van der Waals surface area contributed by atoms with Crippen molar-refractivity contribution in [1.82, 2.24) is 4.98 Å². The molecule has 0 fully saturated rings. The van der Waals surface area contributed by atoms with Gasteiger partial charge in [0.2, 0.25) is 0 Å². The Labute approximate surface area is 206 Å². The third kappa shape index (κ3) is 3.34. The van der Waals surface area contributed by atoms with E-state index in [0.29, 0.717) is 0 Å². The number of nitrogens with zero attached hydrogens (tertiary/aromatic N) is 2. The standard InChI is InChI=1S/C32H29N3/c1-17-19(3)29-15-31-21(5)22(6)32(35-31)16-30-20(4)18(2)28(34-30)14-24-12-23(13-27(17)33-29)25-10-8-7-9-11-26(24)25/h7-16,33H,1-6H3. The van der Waals surface area contributed by atoms with Crippen LogP contribution in [0.2, 0.25) is 0 Å². The van der Waals surface area contributed by atoms with Crippen LogP contribution in [0.25, 0.3) is 29.4 Å². The highest BCUT2D eigenvalue weighted by Crippen LogP contribution is 2.37. The molecule has 0 radical (unpaired) electrons. The Hall–Kier alpha value is -3.98. The number of H-pyrrole nitrogens is 1. The fourth-order valence-corrected chi connectivity index (χ4v) is 5.13. The summed E-state index contributed by atoms with van der Waals surface area (Å²) < 4.78 is 0. The van der Waals surface area contributed by atoms with Crippen molar-refractivity contribution in [1.29, 1.82) is 0 Å². The first kappa shape index (κ1) is 21.5. The van der Waals surface area contributed by atoms with E-state index in [1.807, 2.05) is 0 Å². The van der Waals surface area contributed by atoms with Gasteiger partial charge in [-0.25, -0.2) is 9.98 Å². The molecule has 0 saturated heterocycles. The normalized spacial score (nSPS) is 17.2. The molecule has 35 heavy (non-hydrogen) atoms. The Morgan fingerprint density at radius 2 is 1.06 bits per heavy atom. The van der Waals surface area contributed by atoms with Crippen LogP contribution in [-0.4, -0.2) is 16.4 Å². The van der Waals surface area contributed by atoms with Crippen molar-refractivity contribution in [2.24, 2.45) is 9.98 Å². The second-order valence-corrected chi connectivity index (χ2v) is 9.84. The van der Waals surface area contributed by atoms with Crippen molar-refractivity contribution in [3.8, 4) is 11.1 Å². The maximum absolute atomic E-state index is 5.06. The van der Waals surface area contributed by atoms with Gasteiger partial charge in [-0.05, 0) is 128 Å². The molecule has 2 aliphatic carbocycles. The van der Waals surface area contributed by atoms with Crippen LogP contribution in [0.1, 0.15) is 49.9 Å². The van der Waals surface area contributed by atoms with Gasteiger partial charge in [-0.2, -0.15) is 0 Å². The van der Waals surface area contributed by atoms with Gasteiger partial charge in [-0.3, -0.25) is 0 Å². The molecule has 0 saturated carbocycles. The lowest BCUT2D eigenvalue weighted by molar-refractivity contribution is 1.25. The molecular formula is C32H29N3. The van der Waals surface area contributed by atoms with Gasteiger partial charge in [0.25, 0.3) is 0 Å². The smallest absolute Gasteiger partial charge is 0.0691 e. The summed E-state index contributed by atoms with van der Waals surface area (Å²) in [5.41, 5.74) is 16.3. The average Bonchev–Trinajstić information content (AvgIpc) is 3.38. The van der Waals surface area contributed by atoms with Crippen LogP contribution in [0.4, 0.5) is 0 Å². The molecule has 0 spiro atoms. The molecule has 0 unspecified atom stereocenters. The summed E-state index contributed by atoms with van der Waals surface area (Å²) in [6.45, 7) is 13.0. The first-order valence-corrected chi connectivity index (χ1v) is 12.2. The van der Waals surface area contributed by atoms with Gasteiger partial charge in [0.1, 0.15) is 0 Å². The summed E-state index contributed by atoms with van der Waals surface area (Å²) >= 11 is 0. The van der Waals surface area contributed by atoms with Crippen LogP contribution in [0.3, 0.4) is 0 Å². The minimum absolute atomic E-state index is 0.994. The molecule has 172 valence electrons. The maximum atomic E-state index is 5.06. The van der Waals surface area contributed by atoms with E-state index in [1.54, 1.807) is 0 Å². The number of hydrogen-bond acceptors (Lipinski definition) is 2. The molecule has 4 heterocycles. The third-order valence-corrected chi connectivity index (χ3v) is 7.90. The molecule has 6 rings (SSSR count). The minimum Gasteiger partial charge on any atom is -0.355 e. The van der Waals surface area contributed by atoms with Crippen molar-refractivity contribution in [3.05, 3.63) is 109 Å². The summed E-state index contributed by atoms with van der Waals surface area (Å²) in [6.07, 6.45) is 8.85. The van der Waals surface area contributed by atoms with Crippen LogP contribution < -0.4 is 10.7 Å². The first-order valence-electron chi connectivity index (χ1n) is 12.2. The molecule has 1 aromatic heterocycles. The monoisotopic (exact) mass is 455 g/mol. The van der Waals surface area contributed by atoms with Gasteiger partial charge in [0.15, 0.2) is 0 Å².